The van der Waals surface area contributed by atoms with Crippen LogP contribution in [-0.2, 0) is 5.75 Å². The monoisotopic (exact) mass is 254 g/mol. The van der Waals surface area contributed by atoms with Crippen LogP contribution >= 0.6 is 11.8 Å². The van der Waals surface area contributed by atoms with Gasteiger partial charge in [0.05, 0.1) is 10.6 Å². The molecule has 0 unspecified atom stereocenters. The molecular weight excluding hydrogens is 240 g/mol. The third kappa shape index (κ3) is 3.35. The van der Waals surface area contributed by atoms with E-state index in [0.717, 1.165) is 10.8 Å². The van der Waals surface area contributed by atoms with E-state index in [4.69, 9.17) is 5.26 Å². The lowest BCUT2D eigenvalue weighted by Crippen LogP contribution is -1.87. The van der Waals surface area contributed by atoms with Gasteiger partial charge in [-0.3, -0.25) is 0 Å². The van der Waals surface area contributed by atoms with Crippen molar-refractivity contribution in [2.45, 2.75) is 24.6 Å². The molecule has 0 aliphatic rings. The van der Waals surface area contributed by atoms with Crippen molar-refractivity contribution in [3.05, 3.63) is 58.8 Å². The topological polar surface area (TPSA) is 36.7 Å². The van der Waals surface area contributed by atoms with Gasteiger partial charge in [-0.2, -0.15) is 5.26 Å². The molecule has 1 heterocycles. The van der Waals surface area contributed by atoms with Crippen molar-refractivity contribution in [3.8, 4) is 6.07 Å². The predicted molar refractivity (Wildman–Crippen MR) is 74.4 cm³/mol. The van der Waals surface area contributed by atoms with Crippen LogP contribution in [0.25, 0.3) is 0 Å². The highest BCUT2D eigenvalue weighted by Gasteiger charge is 2.00. The molecule has 1 aromatic heterocycles. The fourth-order valence-corrected chi connectivity index (χ4v) is 2.61. The van der Waals surface area contributed by atoms with E-state index in [1.807, 2.05) is 6.07 Å². The molecule has 0 atom stereocenters. The Bertz CT molecular complexity index is 562. The van der Waals surface area contributed by atoms with Crippen molar-refractivity contribution in [2.24, 2.45) is 0 Å². The Hall–Kier alpha value is -1.79. The van der Waals surface area contributed by atoms with Crippen LogP contribution in [0.15, 0.2) is 41.6 Å². The number of hydrogen-bond donors (Lipinski definition) is 0. The molecule has 2 nitrogen and oxygen atoms in total. The van der Waals surface area contributed by atoms with Gasteiger partial charge in [0.25, 0.3) is 0 Å². The molecule has 90 valence electrons. The quantitative estimate of drug-likeness (QED) is 0.780. The lowest BCUT2D eigenvalue weighted by atomic mass is 10.1. The van der Waals surface area contributed by atoms with Crippen LogP contribution < -0.4 is 0 Å². The van der Waals surface area contributed by atoms with Gasteiger partial charge in [0, 0.05) is 11.9 Å². The zero-order valence-corrected chi connectivity index (χ0v) is 11.3. The first kappa shape index (κ1) is 12.7. The number of nitriles is 1. The van der Waals surface area contributed by atoms with Crippen LogP contribution in [0.2, 0.25) is 0 Å². The number of hydrogen-bond acceptors (Lipinski definition) is 3. The number of pyridine rings is 1. The fraction of sp³-hybridized carbons (Fsp3) is 0.200. The molecule has 0 fully saturated rings. The van der Waals surface area contributed by atoms with Crippen LogP contribution in [0, 0.1) is 25.2 Å². The highest BCUT2D eigenvalue weighted by molar-refractivity contribution is 7.98. The number of aromatic nitrogens is 1. The molecule has 2 aromatic rings. The van der Waals surface area contributed by atoms with Gasteiger partial charge in [-0.25, -0.2) is 4.98 Å². The number of thioether (sulfide) groups is 1. The van der Waals surface area contributed by atoms with Crippen LogP contribution in [0.1, 0.15) is 22.3 Å². The Balaban J connectivity index is 2.04. The molecule has 0 radical (unpaired) electrons. The van der Waals surface area contributed by atoms with Gasteiger partial charge >= 0.3 is 0 Å². The SMILES string of the molecule is Cc1cc(C)cc(CSc2ccc(C#N)cn2)c1. The van der Waals surface area contributed by atoms with Gasteiger partial charge in [-0.15, -0.1) is 11.8 Å². The van der Waals surface area contributed by atoms with Crippen molar-refractivity contribution in [1.82, 2.24) is 4.98 Å². The molecule has 0 spiro atoms. The summed E-state index contributed by atoms with van der Waals surface area (Å²) in [5.41, 5.74) is 4.49. The average molecular weight is 254 g/mol. The van der Waals surface area contributed by atoms with Crippen molar-refractivity contribution < 1.29 is 0 Å². The summed E-state index contributed by atoms with van der Waals surface area (Å²) in [7, 11) is 0. The Kier molecular flexibility index (Phi) is 4.01. The van der Waals surface area contributed by atoms with Gasteiger partial charge in [0.1, 0.15) is 6.07 Å². The van der Waals surface area contributed by atoms with Crippen LogP contribution in [0.4, 0.5) is 0 Å². The second-order valence-electron chi connectivity index (χ2n) is 4.28. The molecule has 3 heteroatoms. The standard InChI is InChI=1S/C15H14N2S/c1-11-5-12(2)7-14(6-11)10-18-15-4-3-13(8-16)9-17-15/h3-7,9H,10H2,1-2H3. The maximum atomic E-state index is 8.70. The van der Waals surface area contributed by atoms with E-state index in [2.05, 4.69) is 43.1 Å². The third-order valence-electron chi connectivity index (χ3n) is 2.53. The molecule has 0 saturated carbocycles. The van der Waals surface area contributed by atoms with Gasteiger partial charge in [-0.05, 0) is 31.5 Å². The Morgan fingerprint density at radius 3 is 2.44 bits per heavy atom. The van der Waals surface area contributed by atoms with Gasteiger partial charge < -0.3 is 0 Å². The Morgan fingerprint density at radius 1 is 1.17 bits per heavy atom. The van der Waals surface area contributed by atoms with Crippen LogP contribution in [0.5, 0.6) is 0 Å². The Labute approximate surface area is 112 Å². The Morgan fingerprint density at radius 2 is 1.89 bits per heavy atom. The predicted octanol–water partition coefficient (Wildman–Crippen LogP) is 3.86. The first-order chi connectivity index (χ1) is 8.67. The molecule has 18 heavy (non-hydrogen) atoms. The van der Waals surface area contributed by atoms with E-state index in [0.29, 0.717) is 5.56 Å². The van der Waals surface area contributed by atoms with Crippen molar-refractivity contribution in [2.75, 3.05) is 0 Å². The van der Waals surface area contributed by atoms with Crippen molar-refractivity contribution >= 4 is 11.8 Å². The molecule has 0 bridgehead atoms. The molecule has 2 rings (SSSR count). The molecule has 0 aliphatic heterocycles. The smallest absolute Gasteiger partial charge is 0.101 e. The van der Waals surface area contributed by atoms with Gasteiger partial charge in [0.2, 0.25) is 0 Å². The first-order valence-corrected chi connectivity index (χ1v) is 6.72. The minimum Gasteiger partial charge on any atom is -0.249 e. The highest BCUT2D eigenvalue weighted by atomic mass is 32.2. The zero-order chi connectivity index (χ0) is 13.0. The molecular formula is C15H14N2S. The number of aryl methyl sites for hydroxylation is 2. The van der Waals surface area contributed by atoms with Crippen LogP contribution in [0.3, 0.4) is 0 Å². The fourth-order valence-electron chi connectivity index (χ4n) is 1.84. The number of nitrogens with zero attached hydrogens (tertiary/aromatic N) is 2. The lowest BCUT2D eigenvalue weighted by molar-refractivity contribution is 1.12. The van der Waals surface area contributed by atoms with E-state index in [-0.39, 0.29) is 0 Å². The minimum absolute atomic E-state index is 0.603. The summed E-state index contributed by atoms with van der Waals surface area (Å²) in [6.45, 7) is 4.22. The molecule has 0 N–H and O–H groups in total. The molecule has 0 aliphatic carbocycles. The second kappa shape index (κ2) is 5.70. The van der Waals surface area contributed by atoms with Crippen molar-refractivity contribution in [1.29, 1.82) is 5.26 Å². The zero-order valence-electron chi connectivity index (χ0n) is 10.5. The minimum atomic E-state index is 0.603. The summed E-state index contributed by atoms with van der Waals surface area (Å²) < 4.78 is 0. The summed E-state index contributed by atoms with van der Waals surface area (Å²) in [6.07, 6.45) is 1.61. The lowest BCUT2D eigenvalue weighted by Gasteiger charge is -2.04. The number of benzene rings is 1. The summed E-state index contributed by atoms with van der Waals surface area (Å²) in [5.74, 6) is 0.904. The highest BCUT2D eigenvalue weighted by Crippen LogP contribution is 2.22. The first-order valence-electron chi connectivity index (χ1n) is 5.73. The van der Waals surface area contributed by atoms with E-state index in [1.54, 1.807) is 24.0 Å². The van der Waals surface area contributed by atoms with Crippen molar-refractivity contribution in [3.63, 3.8) is 0 Å². The third-order valence-corrected chi connectivity index (χ3v) is 3.55. The van der Waals surface area contributed by atoms with E-state index in [1.165, 1.54) is 16.7 Å². The molecule has 0 saturated heterocycles. The summed E-state index contributed by atoms with van der Waals surface area (Å²) in [6, 6.07) is 12.3. The normalized spacial score (nSPS) is 10.1. The summed E-state index contributed by atoms with van der Waals surface area (Å²) in [5, 5.41) is 9.65. The maximum absolute atomic E-state index is 8.70. The van der Waals surface area contributed by atoms with Gasteiger partial charge in [-0.1, -0.05) is 29.3 Å². The molecule has 1 aromatic carbocycles. The van der Waals surface area contributed by atoms with Crippen LogP contribution in [-0.4, -0.2) is 4.98 Å². The van der Waals surface area contributed by atoms with E-state index < -0.39 is 0 Å². The number of rotatable bonds is 3. The summed E-state index contributed by atoms with van der Waals surface area (Å²) in [4.78, 5) is 4.25. The van der Waals surface area contributed by atoms with E-state index in [9.17, 15) is 0 Å². The maximum Gasteiger partial charge on any atom is 0.101 e. The largest absolute Gasteiger partial charge is 0.249 e. The molecule has 0 amide bonds. The summed E-state index contributed by atoms with van der Waals surface area (Å²) >= 11 is 1.69. The van der Waals surface area contributed by atoms with E-state index >= 15 is 0 Å². The average Bonchev–Trinajstić information content (AvgIpc) is 2.36. The van der Waals surface area contributed by atoms with Gasteiger partial charge in [0.15, 0.2) is 0 Å². The second-order valence-corrected chi connectivity index (χ2v) is 5.28.